The average Bonchev–Trinajstić information content (AvgIpc) is 3.30. The van der Waals surface area contributed by atoms with Gasteiger partial charge < -0.3 is 9.64 Å². The molecule has 0 radical (unpaired) electrons. The Morgan fingerprint density at radius 3 is 2.35 bits per heavy atom. The van der Waals surface area contributed by atoms with Gasteiger partial charge in [-0.1, -0.05) is 37.3 Å². The lowest BCUT2D eigenvalue weighted by molar-refractivity contribution is 0.0714. The van der Waals surface area contributed by atoms with Gasteiger partial charge in [-0.15, -0.1) is 0 Å². The highest BCUT2D eigenvalue weighted by atomic mass is 32.2. The van der Waals surface area contributed by atoms with Crippen molar-refractivity contribution in [2.75, 3.05) is 32.8 Å². The molecule has 4 rings (SSSR count). The number of rotatable bonds is 6. The predicted octanol–water partition coefficient (Wildman–Crippen LogP) is 3.51. The molecule has 2 aromatic carbocycles. The van der Waals surface area contributed by atoms with E-state index in [2.05, 4.69) is 19.1 Å². The molecule has 0 spiro atoms. The number of likely N-dealkylation sites (tertiary alicyclic amines) is 1. The summed E-state index contributed by atoms with van der Waals surface area (Å²) < 4.78 is 32.4. The number of sulfonamides is 1. The molecular weight excluding hydrogens is 412 g/mol. The zero-order chi connectivity index (χ0) is 21.8. The van der Waals surface area contributed by atoms with Crippen LogP contribution in [0.3, 0.4) is 0 Å². The van der Waals surface area contributed by atoms with Crippen LogP contribution in [0, 0.1) is 0 Å². The smallest absolute Gasteiger partial charge is 0.254 e. The molecule has 166 valence electrons. The van der Waals surface area contributed by atoms with Gasteiger partial charge in [-0.3, -0.25) is 4.79 Å². The van der Waals surface area contributed by atoms with E-state index in [9.17, 15) is 13.2 Å². The Labute approximate surface area is 184 Å². The van der Waals surface area contributed by atoms with E-state index < -0.39 is 10.0 Å². The number of carbonyl (C=O) groups is 1. The van der Waals surface area contributed by atoms with E-state index in [-0.39, 0.29) is 16.8 Å². The van der Waals surface area contributed by atoms with Gasteiger partial charge in [0.25, 0.3) is 5.91 Å². The molecule has 0 N–H and O–H groups in total. The molecule has 2 fully saturated rings. The Balaban J connectivity index is 1.52. The molecule has 2 aromatic rings. The summed E-state index contributed by atoms with van der Waals surface area (Å²) in [7, 11) is -3.56. The van der Waals surface area contributed by atoms with Gasteiger partial charge in [0.2, 0.25) is 10.0 Å². The molecule has 2 saturated heterocycles. The Kier molecular flexibility index (Phi) is 6.74. The van der Waals surface area contributed by atoms with Crippen molar-refractivity contribution in [2.24, 2.45) is 0 Å². The van der Waals surface area contributed by atoms with E-state index >= 15 is 0 Å². The van der Waals surface area contributed by atoms with Crippen molar-refractivity contribution in [2.45, 2.75) is 43.0 Å². The highest BCUT2D eigenvalue weighted by Gasteiger charge is 2.35. The van der Waals surface area contributed by atoms with E-state index in [4.69, 9.17) is 4.74 Å². The first-order chi connectivity index (χ1) is 15.0. The topological polar surface area (TPSA) is 66.9 Å². The average molecular weight is 443 g/mol. The van der Waals surface area contributed by atoms with Crippen LogP contribution in [-0.4, -0.2) is 62.4 Å². The van der Waals surface area contributed by atoms with Gasteiger partial charge in [0, 0.05) is 37.2 Å². The predicted molar refractivity (Wildman–Crippen MR) is 120 cm³/mol. The van der Waals surface area contributed by atoms with Crippen LogP contribution in [0.1, 0.15) is 48.0 Å². The fourth-order valence-electron chi connectivity index (χ4n) is 4.76. The third-order valence-corrected chi connectivity index (χ3v) is 8.31. The van der Waals surface area contributed by atoms with Gasteiger partial charge in [0.1, 0.15) is 0 Å². The summed E-state index contributed by atoms with van der Waals surface area (Å²) >= 11 is 0. The van der Waals surface area contributed by atoms with Crippen molar-refractivity contribution < 1.29 is 17.9 Å². The van der Waals surface area contributed by atoms with Crippen molar-refractivity contribution in [1.29, 1.82) is 0 Å². The summed E-state index contributed by atoms with van der Waals surface area (Å²) in [4.78, 5) is 15.5. The van der Waals surface area contributed by atoms with Gasteiger partial charge >= 0.3 is 0 Å². The van der Waals surface area contributed by atoms with E-state index in [1.807, 2.05) is 23.1 Å². The summed E-state index contributed by atoms with van der Waals surface area (Å²) in [5.74, 6) is 0.279. The first-order valence-electron chi connectivity index (χ1n) is 11.1. The number of nitrogens with zero attached hydrogens (tertiary/aromatic N) is 2. The van der Waals surface area contributed by atoms with Gasteiger partial charge in [0.15, 0.2) is 0 Å². The number of hydrogen-bond donors (Lipinski definition) is 0. The molecule has 0 aliphatic carbocycles. The van der Waals surface area contributed by atoms with Crippen LogP contribution in [0.5, 0.6) is 0 Å². The van der Waals surface area contributed by atoms with Crippen LogP contribution >= 0.6 is 0 Å². The highest BCUT2D eigenvalue weighted by Crippen LogP contribution is 2.34. The molecule has 2 atom stereocenters. The molecule has 6 nitrogen and oxygen atoms in total. The van der Waals surface area contributed by atoms with E-state index in [1.165, 1.54) is 9.87 Å². The summed E-state index contributed by atoms with van der Waals surface area (Å²) in [5, 5.41) is 0. The summed E-state index contributed by atoms with van der Waals surface area (Å²) in [6.07, 6.45) is 2.95. The Morgan fingerprint density at radius 2 is 1.71 bits per heavy atom. The largest absolute Gasteiger partial charge is 0.379 e. The number of ether oxygens (including phenoxy) is 1. The molecule has 2 unspecified atom stereocenters. The zero-order valence-corrected chi connectivity index (χ0v) is 18.8. The van der Waals surface area contributed by atoms with Crippen LogP contribution < -0.4 is 0 Å². The zero-order valence-electron chi connectivity index (χ0n) is 17.9. The highest BCUT2D eigenvalue weighted by molar-refractivity contribution is 7.89. The van der Waals surface area contributed by atoms with Crippen molar-refractivity contribution in [3.05, 3.63) is 65.7 Å². The third-order valence-electron chi connectivity index (χ3n) is 6.40. The molecule has 2 heterocycles. The van der Waals surface area contributed by atoms with Gasteiger partial charge in [0.05, 0.1) is 18.1 Å². The van der Waals surface area contributed by atoms with E-state index in [0.717, 1.165) is 25.8 Å². The first kappa shape index (κ1) is 22.0. The lowest BCUT2D eigenvalue weighted by Gasteiger charge is -2.32. The standard InChI is InChI=1S/C24H30N2O4S/c1-2-22(19-7-4-3-5-8-19)23-9-6-14-26(23)24(27)20-10-12-21(13-11-20)31(28,29)25-15-17-30-18-16-25/h3-5,7-8,10-13,22-23H,2,6,9,14-18H2,1H3. The van der Waals surface area contributed by atoms with Crippen molar-refractivity contribution >= 4 is 15.9 Å². The molecule has 2 aliphatic heterocycles. The summed E-state index contributed by atoms with van der Waals surface area (Å²) in [6, 6.07) is 17.0. The molecule has 7 heteroatoms. The van der Waals surface area contributed by atoms with Crippen LogP contribution in [0.25, 0.3) is 0 Å². The number of morpholine rings is 1. The minimum atomic E-state index is -3.56. The maximum absolute atomic E-state index is 13.3. The van der Waals surface area contributed by atoms with Gasteiger partial charge in [-0.2, -0.15) is 4.31 Å². The normalized spacial score (nSPS) is 21.2. The Morgan fingerprint density at radius 1 is 1.03 bits per heavy atom. The SMILES string of the molecule is CCC(c1ccccc1)C1CCCN1C(=O)c1ccc(S(=O)(=O)N2CCOCC2)cc1. The van der Waals surface area contributed by atoms with Gasteiger partial charge in [-0.25, -0.2) is 8.42 Å². The van der Waals surface area contributed by atoms with Crippen LogP contribution in [0.15, 0.2) is 59.5 Å². The number of amides is 1. The first-order valence-corrected chi connectivity index (χ1v) is 12.5. The summed E-state index contributed by atoms with van der Waals surface area (Å²) in [5.41, 5.74) is 1.80. The lowest BCUT2D eigenvalue weighted by Crippen LogP contribution is -2.40. The summed E-state index contributed by atoms with van der Waals surface area (Å²) in [6.45, 7) is 4.44. The molecule has 1 amide bonds. The monoisotopic (exact) mass is 442 g/mol. The van der Waals surface area contributed by atoms with Crippen LogP contribution in [0.2, 0.25) is 0 Å². The molecular formula is C24H30N2O4S. The van der Waals surface area contributed by atoms with Crippen LogP contribution in [-0.2, 0) is 14.8 Å². The molecule has 31 heavy (non-hydrogen) atoms. The van der Waals surface area contributed by atoms with Crippen molar-refractivity contribution in [1.82, 2.24) is 9.21 Å². The number of carbonyl (C=O) groups excluding carboxylic acids is 1. The second kappa shape index (κ2) is 9.51. The number of hydrogen-bond acceptors (Lipinski definition) is 4. The Hall–Kier alpha value is -2.22. The molecule has 0 saturated carbocycles. The maximum Gasteiger partial charge on any atom is 0.254 e. The van der Waals surface area contributed by atoms with Gasteiger partial charge in [-0.05, 0) is 49.1 Å². The second-order valence-corrected chi connectivity index (χ2v) is 10.1. The van der Waals surface area contributed by atoms with Crippen LogP contribution in [0.4, 0.5) is 0 Å². The lowest BCUT2D eigenvalue weighted by atomic mass is 9.87. The maximum atomic E-state index is 13.3. The number of benzene rings is 2. The van der Waals surface area contributed by atoms with E-state index in [1.54, 1.807) is 24.3 Å². The van der Waals surface area contributed by atoms with Crippen molar-refractivity contribution in [3.8, 4) is 0 Å². The molecule has 0 aromatic heterocycles. The quantitative estimate of drug-likeness (QED) is 0.687. The fraction of sp³-hybridized carbons (Fsp3) is 0.458. The minimum Gasteiger partial charge on any atom is -0.379 e. The Bertz CT molecular complexity index is 986. The third kappa shape index (κ3) is 4.54. The second-order valence-electron chi connectivity index (χ2n) is 8.17. The van der Waals surface area contributed by atoms with E-state index in [0.29, 0.717) is 37.8 Å². The molecule has 0 bridgehead atoms. The fourth-order valence-corrected chi connectivity index (χ4v) is 6.17. The molecule has 2 aliphatic rings. The minimum absolute atomic E-state index is 0.0211. The van der Waals surface area contributed by atoms with Crippen molar-refractivity contribution in [3.63, 3.8) is 0 Å².